The minimum Gasteiger partial charge on any atom is -0.458 e. The number of carbonyl (C=O) groups is 2. The van der Waals surface area contributed by atoms with Crippen LogP contribution in [0.4, 0.5) is 0 Å². The first-order valence-corrected chi connectivity index (χ1v) is 6.45. The second-order valence-corrected chi connectivity index (χ2v) is 5.42. The van der Waals surface area contributed by atoms with E-state index in [0.29, 0.717) is 19.6 Å². The third-order valence-corrected chi connectivity index (χ3v) is 2.68. The van der Waals surface area contributed by atoms with E-state index in [0.717, 1.165) is 6.42 Å². The van der Waals surface area contributed by atoms with Gasteiger partial charge in [-0.25, -0.2) is 4.79 Å². The molecule has 1 aliphatic heterocycles. The molecule has 1 rings (SSSR count). The average molecular weight is 257 g/mol. The zero-order valence-corrected chi connectivity index (χ0v) is 11.7. The molecule has 0 saturated carbocycles. The summed E-state index contributed by atoms with van der Waals surface area (Å²) in [4.78, 5) is 25.4. The molecule has 0 aromatic rings. The molecule has 0 unspecified atom stereocenters. The van der Waals surface area contributed by atoms with Gasteiger partial charge in [0.25, 0.3) is 0 Å². The number of carbonyl (C=O) groups excluding carboxylic acids is 2. The van der Waals surface area contributed by atoms with Gasteiger partial charge in [0.05, 0.1) is 0 Å². The van der Waals surface area contributed by atoms with Gasteiger partial charge in [-0.2, -0.15) is 0 Å². The van der Waals surface area contributed by atoms with E-state index >= 15 is 0 Å². The third-order valence-electron chi connectivity index (χ3n) is 2.68. The summed E-state index contributed by atoms with van der Waals surface area (Å²) in [6.45, 7) is 8.45. The van der Waals surface area contributed by atoms with E-state index < -0.39 is 11.6 Å². The maximum atomic E-state index is 12.0. The third kappa shape index (κ3) is 4.29. The molecule has 0 aliphatic carbocycles. The number of esters is 1. The van der Waals surface area contributed by atoms with Gasteiger partial charge in [0.2, 0.25) is 5.91 Å². The minimum atomic E-state index is -0.520. The van der Waals surface area contributed by atoms with E-state index in [1.54, 1.807) is 4.90 Å². The van der Waals surface area contributed by atoms with Crippen LogP contribution in [0.5, 0.6) is 0 Å². The van der Waals surface area contributed by atoms with Gasteiger partial charge in [-0.15, -0.1) is 0 Å². The standard InChI is InChI=1S/C13H23NO4/c1-5-17-9-11(15)14-8-6-7-10(14)12(16)18-13(2,3)4/h10H,5-9H2,1-4H3/t10-/m0/s1. The van der Waals surface area contributed by atoms with Crippen LogP contribution in [0.1, 0.15) is 40.5 Å². The van der Waals surface area contributed by atoms with Gasteiger partial charge in [0.1, 0.15) is 18.2 Å². The maximum Gasteiger partial charge on any atom is 0.329 e. The lowest BCUT2D eigenvalue weighted by molar-refractivity contribution is -0.164. The smallest absolute Gasteiger partial charge is 0.329 e. The van der Waals surface area contributed by atoms with Gasteiger partial charge < -0.3 is 14.4 Å². The lowest BCUT2D eigenvalue weighted by Crippen LogP contribution is -2.44. The number of ether oxygens (including phenoxy) is 2. The fourth-order valence-corrected chi connectivity index (χ4v) is 1.95. The zero-order valence-electron chi connectivity index (χ0n) is 11.7. The van der Waals surface area contributed by atoms with Gasteiger partial charge in [-0.1, -0.05) is 0 Å². The fraction of sp³-hybridized carbons (Fsp3) is 0.846. The molecule has 0 spiro atoms. The summed E-state index contributed by atoms with van der Waals surface area (Å²) in [7, 11) is 0. The van der Waals surface area contributed by atoms with E-state index in [2.05, 4.69) is 0 Å². The Hall–Kier alpha value is -1.10. The highest BCUT2D eigenvalue weighted by atomic mass is 16.6. The molecule has 1 heterocycles. The molecule has 5 nitrogen and oxygen atoms in total. The van der Waals surface area contributed by atoms with Crippen molar-refractivity contribution in [1.82, 2.24) is 4.90 Å². The second kappa shape index (κ2) is 6.18. The summed E-state index contributed by atoms with van der Waals surface area (Å²) >= 11 is 0. The summed E-state index contributed by atoms with van der Waals surface area (Å²) in [6.07, 6.45) is 1.51. The van der Waals surface area contributed by atoms with Gasteiger partial charge in [0, 0.05) is 13.2 Å². The van der Waals surface area contributed by atoms with Crippen molar-refractivity contribution in [3.05, 3.63) is 0 Å². The second-order valence-electron chi connectivity index (χ2n) is 5.42. The molecule has 5 heteroatoms. The van der Waals surface area contributed by atoms with E-state index in [-0.39, 0.29) is 18.5 Å². The van der Waals surface area contributed by atoms with Crippen molar-refractivity contribution < 1.29 is 19.1 Å². The predicted octanol–water partition coefficient (Wildman–Crippen LogP) is 1.36. The van der Waals surface area contributed by atoms with Crippen LogP contribution >= 0.6 is 0 Å². The molecule has 1 atom stereocenters. The van der Waals surface area contributed by atoms with Crippen LogP contribution in [0.25, 0.3) is 0 Å². The lowest BCUT2D eigenvalue weighted by Gasteiger charge is -2.27. The maximum absolute atomic E-state index is 12.0. The zero-order chi connectivity index (χ0) is 13.8. The first-order valence-electron chi connectivity index (χ1n) is 6.45. The Morgan fingerprint density at radius 2 is 2.00 bits per heavy atom. The Morgan fingerprint density at radius 1 is 1.33 bits per heavy atom. The Kier molecular flexibility index (Phi) is 5.14. The summed E-state index contributed by atoms with van der Waals surface area (Å²) in [6, 6.07) is -0.447. The van der Waals surface area contributed by atoms with Crippen molar-refractivity contribution in [2.24, 2.45) is 0 Å². The quantitative estimate of drug-likeness (QED) is 0.713. The first kappa shape index (κ1) is 15.0. The largest absolute Gasteiger partial charge is 0.458 e. The molecule has 0 N–H and O–H groups in total. The average Bonchev–Trinajstić information content (AvgIpc) is 2.72. The van der Waals surface area contributed by atoms with Crippen LogP contribution in [0.3, 0.4) is 0 Å². The molecule has 0 aromatic carbocycles. The highest BCUT2D eigenvalue weighted by Gasteiger charge is 2.36. The Morgan fingerprint density at radius 3 is 2.56 bits per heavy atom. The molecule has 0 aromatic heterocycles. The van der Waals surface area contributed by atoms with Crippen LogP contribution in [0.2, 0.25) is 0 Å². The number of nitrogens with zero attached hydrogens (tertiary/aromatic N) is 1. The van der Waals surface area contributed by atoms with E-state index in [4.69, 9.17) is 9.47 Å². The van der Waals surface area contributed by atoms with Crippen molar-refractivity contribution in [3.8, 4) is 0 Å². The SMILES string of the molecule is CCOCC(=O)N1CCC[C@H]1C(=O)OC(C)(C)C. The highest BCUT2D eigenvalue weighted by molar-refractivity contribution is 5.86. The van der Waals surface area contributed by atoms with Crippen LogP contribution < -0.4 is 0 Å². The van der Waals surface area contributed by atoms with Crippen LogP contribution in [-0.2, 0) is 19.1 Å². The van der Waals surface area contributed by atoms with E-state index in [1.807, 2.05) is 27.7 Å². The fourth-order valence-electron chi connectivity index (χ4n) is 1.95. The number of hydrogen-bond acceptors (Lipinski definition) is 4. The topological polar surface area (TPSA) is 55.8 Å². The van der Waals surface area contributed by atoms with Gasteiger partial charge in [-0.3, -0.25) is 4.79 Å². The summed E-state index contributed by atoms with van der Waals surface area (Å²) in [5, 5.41) is 0. The van der Waals surface area contributed by atoms with Crippen molar-refractivity contribution in [1.29, 1.82) is 0 Å². The molecule has 0 radical (unpaired) electrons. The highest BCUT2D eigenvalue weighted by Crippen LogP contribution is 2.21. The first-order chi connectivity index (χ1) is 8.35. The summed E-state index contributed by atoms with van der Waals surface area (Å²) in [5.41, 5.74) is -0.520. The number of likely N-dealkylation sites (tertiary alicyclic amines) is 1. The molecule has 1 aliphatic rings. The number of hydrogen-bond donors (Lipinski definition) is 0. The summed E-state index contributed by atoms with van der Waals surface area (Å²) < 4.78 is 10.4. The number of rotatable bonds is 4. The van der Waals surface area contributed by atoms with Gasteiger partial charge in [0.15, 0.2) is 0 Å². The molecule has 1 amide bonds. The molecular formula is C13H23NO4. The Balaban J connectivity index is 2.59. The van der Waals surface area contributed by atoms with E-state index in [1.165, 1.54) is 0 Å². The van der Waals surface area contributed by atoms with Gasteiger partial charge >= 0.3 is 5.97 Å². The number of amides is 1. The minimum absolute atomic E-state index is 0.0375. The molecule has 1 fully saturated rings. The van der Waals surface area contributed by atoms with Crippen molar-refractivity contribution in [2.45, 2.75) is 52.2 Å². The van der Waals surface area contributed by atoms with E-state index in [9.17, 15) is 9.59 Å². The normalized spacial score (nSPS) is 20.0. The van der Waals surface area contributed by atoms with Crippen molar-refractivity contribution in [2.75, 3.05) is 19.8 Å². The monoisotopic (exact) mass is 257 g/mol. The van der Waals surface area contributed by atoms with Crippen LogP contribution in [0, 0.1) is 0 Å². The summed E-state index contributed by atoms with van der Waals surface area (Å²) in [5.74, 6) is -0.449. The van der Waals surface area contributed by atoms with Crippen molar-refractivity contribution >= 4 is 11.9 Å². The molecule has 0 bridgehead atoms. The molecule has 1 saturated heterocycles. The van der Waals surface area contributed by atoms with Crippen molar-refractivity contribution in [3.63, 3.8) is 0 Å². The lowest BCUT2D eigenvalue weighted by atomic mass is 10.1. The van der Waals surface area contributed by atoms with Crippen LogP contribution in [-0.4, -0.2) is 48.2 Å². The van der Waals surface area contributed by atoms with Gasteiger partial charge in [-0.05, 0) is 40.5 Å². The molecule has 104 valence electrons. The van der Waals surface area contributed by atoms with Crippen LogP contribution in [0.15, 0.2) is 0 Å². The molecule has 18 heavy (non-hydrogen) atoms. The predicted molar refractivity (Wildman–Crippen MR) is 67.1 cm³/mol. The Labute approximate surface area is 108 Å². The molecular weight excluding hydrogens is 234 g/mol. The Bertz CT molecular complexity index is 309.